The Balaban J connectivity index is 1.53. The van der Waals surface area contributed by atoms with Gasteiger partial charge in [-0.15, -0.1) is 0 Å². The van der Waals surface area contributed by atoms with E-state index in [-0.39, 0.29) is 11.7 Å². The van der Waals surface area contributed by atoms with Crippen LogP contribution in [-0.4, -0.2) is 41.9 Å². The van der Waals surface area contributed by atoms with Gasteiger partial charge in [0.05, 0.1) is 6.26 Å². The number of rotatable bonds is 5. The molecule has 1 aromatic carbocycles. The summed E-state index contributed by atoms with van der Waals surface area (Å²) in [5.74, 6) is -1.26. The molecule has 3 rings (SSSR count). The zero-order chi connectivity index (χ0) is 18.5. The molecule has 1 aromatic heterocycles. The highest BCUT2D eigenvalue weighted by Crippen LogP contribution is 2.21. The van der Waals surface area contributed by atoms with Crippen LogP contribution in [0, 0.1) is 0 Å². The Morgan fingerprint density at radius 2 is 2.00 bits per heavy atom. The Morgan fingerprint density at radius 1 is 1.23 bits per heavy atom. The van der Waals surface area contributed by atoms with Gasteiger partial charge in [-0.1, -0.05) is 11.6 Å². The van der Waals surface area contributed by atoms with Gasteiger partial charge in [0, 0.05) is 17.3 Å². The molecule has 0 aliphatic carbocycles. The molecule has 1 atom stereocenters. The number of benzene rings is 1. The number of carbonyl (C=O) groups excluding carboxylic acids is 3. The smallest absolute Gasteiger partial charge is 0.329 e. The summed E-state index contributed by atoms with van der Waals surface area (Å²) in [6.07, 6.45) is 2.57. The predicted molar refractivity (Wildman–Crippen MR) is 93.8 cm³/mol. The van der Waals surface area contributed by atoms with Crippen LogP contribution in [0.25, 0.3) is 0 Å². The van der Waals surface area contributed by atoms with Gasteiger partial charge in [0.1, 0.15) is 6.04 Å². The van der Waals surface area contributed by atoms with E-state index >= 15 is 0 Å². The summed E-state index contributed by atoms with van der Waals surface area (Å²) in [5.41, 5.74) is 0.547. The van der Waals surface area contributed by atoms with Crippen molar-refractivity contribution in [2.45, 2.75) is 18.9 Å². The molecule has 0 unspecified atom stereocenters. The van der Waals surface area contributed by atoms with Crippen LogP contribution in [0.3, 0.4) is 0 Å². The minimum absolute atomic E-state index is 0.171. The Kier molecular flexibility index (Phi) is 5.58. The Labute approximate surface area is 154 Å². The maximum atomic E-state index is 12.4. The van der Waals surface area contributed by atoms with Crippen molar-refractivity contribution >= 4 is 35.1 Å². The van der Waals surface area contributed by atoms with Crippen LogP contribution in [0.5, 0.6) is 0 Å². The van der Waals surface area contributed by atoms with Crippen molar-refractivity contribution in [1.82, 2.24) is 4.90 Å². The number of esters is 1. The summed E-state index contributed by atoms with van der Waals surface area (Å²) in [6, 6.07) is 9.00. The fourth-order valence-corrected chi connectivity index (χ4v) is 2.89. The lowest BCUT2D eigenvalue weighted by Crippen LogP contribution is -2.42. The SMILES string of the molecule is O=C(COC(=O)[C@@H]1CCCN1C(=O)c1ccco1)Nc1ccc(Cl)cc1. The van der Waals surface area contributed by atoms with E-state index in [0.29, 0.717) is 30.1 Å². The molecule has 2 amide bonds. The molecular weight excluding hydrogens is 360 g/mol. The zero-order valence-electron chi connectivity index (χ0n) is 13.8. The first-order chi connectivity index (χ1) is 12.5. The predicted octanol–water partition coefficient (Wildman–Crippen LogP) is 2.72. The third kappa shape index (κ3) is 4.23. The van der Waals surface area contributed by atoms with E-state index in [2.05, 4.69) is 5.32 Å². The van der Waals surface area contributed by atoms with Crippen LogP contribution in [0.1, 0.15) is 23.4 Å². The highest BCUT2D eigenvalue weighted by Gasteiger charge is 2.36. The first kappa shape index (κ1) is 18.0. The molecule has 0 radical (unpaired) electrons. The molecule has 1 aliphatic heterocycles. The summed E-state index contributed by atoms with van der Waals surface area (Å²) in [7, 11) is 0. The summed E-state index contributed by atoms with van der Waals surface area (Å²) in [5, 5.41) is 3.15. The second-order valence-electron chi connectivity index (χ2n) is 5.80. The van der Waals surface area contributed by atoms with Crippen molar-refractivity contribution < 1.29 is 23.5 Å². The number of furan rings is 1. The van der Waals surface area contributed by atoms with Gasteiger partial charge in [0.15, 0.2) is 12.4 Å². The fraction of sp³-hybridized carbons (Fsp3) is 0.278. The van der Waals surface area contributed by atoms with Crippen LogP contribution >= 0.6 is 11.6 Å². The van der Waals surface area contributed by atoms with Crippen molar-refractivity contribution in [3.63, 3.8) is 0 Å². The Bertz CT molecular complexity index is 788. The standard InChI is InChI=1S/C18H17ClN2O5/c19-12-5-7-13(8-6-12)20-16(22)11-26-18(24)14-3-1-9-21(14)17(23)15-4-2-10-25-15/h2,4-8,10,14H,1,3,9,11H2,(H,20,22)/t14-/m0/s1. The Hall–Kier alpha value is -2.80. The van der Waals surface area contributed by atoms with Crippen molar-refractivity contribution in [2.24, 2.45) is 0 Å². The molecule has 2 heterocycles. The van der Waals surface area contributed by atoms with Crippen molar-refractivity contribution in [3.05, 3.63) is 53.4 Å². The summed E-state index contributed by atoms with van der Waals surface area (Å²) in [4.78, 5) is 38.0. The van der Waals surface area contributed by atoms with Crippen molar-refractivity contribution in [1.29, 1.82) is 0 Å². The average Bonchev–Trinajstić information content (AvgIpc) is 3.33. The van der Waals surface area contributed by atoms with Crippen LogP contribution in [0.2, 0.25) is 5.02 Å². The van der Waals surface area contributed by atoms with E-state index in [1.54, 1.807) is 36.4 Å². The lowest BCUT2D eigenvalue weighted by atomic mass is 10.2. The highest BCUT2D eigenvalue weighted by atomic mass is 35.5. The molecule has 8 heteroatoms. The molecular formula is C18H17ClN2O5. The van der Waals surface area contributed by atoms with E-state index in [0.717, 1.165) is 0 Å². The Morgan fingerprint density at radius 3 is 2.69 bits per heavy atom. The molecule has 2 aromatic rings. The minimum atomic E-state index is -0.712. The summed E-state index contributed by atoms with van der Waals surface area (Å²) in [6.45, 7) is 0.0109. The van der Waals surface area contributed by atoms with Crippen molar-refractivity contribution in [3.8, 4) is 0 Å². The number of nitrogens with zero attached hydrogens (tertiary/aromatic N) is 1. The number of hydrogen-bond donors (Lipinski definition) is 1. The molecule has 1 aliphatic rings. The molecule has 0 spiro atoms. The lowest BCUT2D eigenvalue weighted by molar-refractivity contribution is -0.151. The van der Waals surface area contributed by atoms with E-state index in [4.69, 9.17) is 20.8 Å². The fourth-order valence-electron chi connectivity index (χ4n) is 2.76. The van der Waals surface area contributed by atoms with E-state index in [1.807, 2.05) is 0 Å². The minimum Gasteiger partial charge on any atom is -0.459 e. The number of amides is 2. The third-order valence-electron chi connectivity index (χ3n) is 3.99. The molecule has 26 heavy (non-hydrogen) atoms. The highest BCUT2D eigenvalue weighted by molar-refractivity contribution is 6.30. The third-order valence-corrected chi connectivity index (χ3v) is 4.24. The normalized spacial score (nSPS) is 16.3. The number of nitrogens with one attached hydrogen (secondary N) is 1. The number of halogens is 1. The molecule has 7 nitrogen and oxygen atoms in total. The van der Waals surface area contributed by atoms with E-state index in [9.17, 15) is 14.4 Å². The quantitative estimate of drug-likeness (QED) is 0.810. The van der Waals surface area contributed by atoms with Gasteiger partial charge in [0.2, 0.25) is 0 Å². The molecule has 0 bridgehead atoms. The van der Waals surface area contributed by atoms with Gasteiger partial charge in [-0.2, -0.15) is 0 Å². The van der Waals surface area contributed by atoms with E-state index in [1.165, 1.54) is 11.2 Å². The van der Waals surface area contributed by atoms with Gasteiger partial charge in [-0.25, -0.2) is 4.79 Å². The van der Waals surface area contributed by atoms with Gasteiger partial charge in [0.25, 0.3) is 11.8 Å². The number of anilines is 1. The number of likely N-dealkylation sites (tertiary alicyclic amines) is 1. The molecule has 0 saturated carbocycles. The summed E-state index contributed by atoms with van der Waals surface area (Å²) < 4.78 is 10.2. The first-order valence-corrected chi connectivity index (χ1v) is 8.49. The molecule has 136 valence electrons. The van der Waals surface area contributed by atoms with Gasteiger partial charge in [-0.05, 0) is 49.2 Å². The second-order valence-corrected chi connectivity index (χ2v) is 6.23. The first-order valence-electron chi connectivity index (χ1n) is 8.11. The molecule has 1 fully saturated rings. The second kappa shape index (κ2) is 8.05. The lowest BCUT2D eigenvalue weighted by Gasteiger charge is -2.22. The molecule has 1 N–H and O–H groups in total. The monoisotopic (exact) mass is 376 g/mol. The van der Waals surface area contributed by atoms with Gasteiger partial charge in [-0.3, -0.25) is 9.59 Å². The van der Waals surface area contributed by atoms with Crippen LogP contribution in [-0.2, 0) is 14.3 Å². The largest absolute Gasteiger partial charge is 0.459 e. The maximum Gasteiger partial charge on any atom is 0.329 e. The van der Waals surface area contributed by atoms with E-state index < -0.39 is 24.5 Å². The average molecular weight is 377 g/mol. The zero-order valence-corrected chi connectivity index (χ0v) is 14.6. The van der Waals surface area contributed by atoms with Crippen molar-refractivity contribution in [2.75, 3.05) is 18.5 Å². The van der Waals surface area contributed by atoms with Crippen LogP contribution < -0.4 is 5.32 Å². The topological polar surface area (TPSA) is 88.9 Å². The van der Waals surface area contributed by atoms with Crippen LogP contribution in [0.15, 0.2) is 47.1 Å². The number of hydrogen-bond acceptors (Lipinski definition) is 5. The van der Waals surface area contributed by atoms with Crippen LogP contribution in [0.4, 0.5) is 5.69 Å². The number of ether oxygens (including phenoxy) is 1. The maximum absolute atomic E-state index is 12.4. The number of carbonyl (C=O) groups is 3. The van der Waals surface area contributed by atoms with Gasteiger partial charge >= 0.3 is 5.97 Å². The summed E-state index contributed by atoms with van der Waals surface area (Å²) >= 11 is 5.78. The molecule has 1 saturated heterocycles. The van der Waals surface area contributed by atoms with Gasteiger partial charge < -0.3 is 19.4 Å².